The molecule has 2 aromatic carbocycles. The molecule has 0 fully saturated rings. The summed E-state index contributed by atoms with van der Waals surface area (Å²) in [7, 11) is 1.27. The molecule has 6 heteroatoms. The minimum absolute atomic E-state index is 0.233. The third kappa shape index (κ3) is 4.06. The minimum Gasteiger partial charge on any atom is -0.465 e. The van der Waals surface area contributed by atoms with Gasteiger partial charge in [0, 0.05) is 4.47 Å². The number of anilines is 1. The number of carbonyl (C=O) groups is 2. The van der Waals surface area contributed by atoms with Gasteiger partial charge in [0.1, 0.15) is 5.75 Å². The molecule has 0 unspecified atom stereocenters. The van der Waals surface area contributed by atoms with E-state index in [2.05, 4.69) is 26.0 Å². The lowest BCUT2D eigenvalue weighted by Crippen LogP contribution is -2.19. The molecule has 2 aromatic rings. The molecular weight excluding hydrogens is 338 g/mol. The molecule has 0 bridgehead atoms. The Kier molecular flexibility index (Phi) is 4.94. The Morgan fingerprint density at radius 2 is 1.81 bits per heavy atom. The molecule has 5 nitrogen and oxygen atoms in total. The predicted octanol–water partition coefficient (Wildman–Crippen LogP) is 3.85. The maximum Gasteiger partial charge on any atom is 0.417 e. The highest BCUT2D eigenvalue weighted by Gasteiger charge is 2.15. The smallest absolute Gasteiger partial charge is 0.417 e. The molecule has 2 rings (SSSR count). The van der Waals surface area contributed by atoms with Crippen LogP contribution in [0.5, 0.6) is 5.75 Å². The molecule has 0 radical (unpaired) electrons. The molecule has 1 N–H and O–H groups in total. The molecular formula is C15H12BrNO4. The highest BCUT2D eigenvalue weighted by atomic mass is 79.9. The molecule has 0 spiro atoms. The first-order valence-electron chi connectivity index (χ1n) is 6.02. The second kappa shape index (κ2) is 6.90. The van der Waals surface area contributed by atoms with Crippen LogP contribution < -0.4 is 10.1 Å². The van der Waals surface area contributed by atoms with Gasteiger partial charge in [-0.3, -0.25) is 5.32 Å². The fraction of sp³-hybridized carbons (Fsp3) is 0.0667. The van der Waals surface area contributed by atoms with Crippen LogP contribution in [-0.4, -0.2) is 19.2 Å². The molecule has 1 amide bonds. The molecule has 0 aliphatic heterocycles. The van der Waals surface area contributed by atoms with E-state index >= 15 is 0 Å². The van der Waals surface area contributed by atoms with Crippen molar-refractivity contribution >= 4 is 33.7 Å². The number of carbonyl (C=O) groups excluding carboxylic acids is 2. The van der Waals surface area contributed by atoms with E-state index in [-0.39, 0.29) is 5.56 Å². The molecule has 21 heavy (non-hydrogen) atoms. The van der Waals surface area contributed by atoms with E-state index in [1.165, 1.54) is 7.11 Å². The van der Waals surface area contributed by atoms with E-state index < -0.39 is 12.1 Å². The molecule has 0 saturated heterocycles. The third-order valence-corrected chi connectivity index (χ3v) is 3.07. The molecule has 0 aliphatic rings. The SMILES string of the molecule is COC(=O)c1cc(Br)ccc1NC(=O)Oc1ccccc1. The molecule has 0 saturated carbocycles. The number of ether oxygens (including phenoxy) is 2. The minimum atomic E-state index is -0.686. The normalized spacial score (nSPS) is 9.81. The van der Waals surface area contributed by atoms with E-state index in [4.69, 9.17) is 4.74 Å². The first-order valence-corrected chi connectivity index (χ1v) is 6.81. The summed E-state index contributed by atoms with van der Waals surface area (Å²) in [6.45, 7) is 0. The number of benzene rings is 2. The summed E-state index contributed by atoms with van der Waals surface area (Å²) >= 11 is 3.26. The van der Waals surface area contributed by atoms with Crippen molar-refractivity contribution in [2.45, 2.75) is 0 Å². The highest BCUT2D eigenvalue weighted by Crippen LogP contribution is 2.22. The Morgan fingerprint density at radius 3 is 2.48 bits per heavy atom. The zero-order valence-electron chi connectivity index (χ0n) is 11.1. The Bertz CT molecular complexity index is 658. The topological polar surface area (TPSA) is 64.6 Å². The highest BCUT2D eigenvalue weighted by molar-refractivity contribution is 9.10. The second-order valence-electron chi connectivity index (χ2n) is 4.01. The first-order chi connectivity index (χ1) is 10.1. The van der Waals surface area contributed by atoms with Crippen LogP contribution in [0, 0.1) is 0 Å². The number of hydrogen-bond donors (Lipinski definition) is 1. The van der Waals surface area contributed by atoms with Crippen LogP contribution in [0.4, 0.5) is 10.5 Å². The number of halogens is 1. The maximum atomic E-state index is 11.8. The van der Waals surface area contributed by atoms with Crippen molar-refractivity contribution in [1.29, 1.82) is 0 Å². The van der Waals surface area contributed by atoms with Crippen LogP contribution in [-0.2, 0) is 4.74 Å². The van der Waals surface area contributed by atoms with Gasteiger partial charge in [-0.1, -0.05) is 34.1 Å². The zero-order chi connectivity index (χ0) is 15.2. The lowest BCUT2D eigenvalue weighted by molar-refractivity contribution is 0.0602. The number of para-hydroxylation sites is 1. The maximum absolute atomic E-state index is 11.8. The van der Waals surface area contributed by atoms with E-state index in [0.717, 1.165) is 0 Å². The fourth-order valence-corrected chi connectivity index (χ4v) is 2.00. The number of esters is 1. The molecule has 0 aliphatic carbocycles. The molecule has 0 heterocycles. The average molecular weight is 350 g/mol. The van der Waals surface area contributed by atoms with E-state index in [1.54, 1.807) is 42.5 Å². The van der Waals surface area contributed by atoms with Gasteiger partial charge in [-0.05, 0) is 30.3 Å². The van der Waals surface area contributed by atoms with Crippen molar-refractivity contribution in [1.82, 2.24) is 0 Å². The number of nitrogens with one attached hydrogen (secondary N) is 1. The number of hydrogen-bond acceptors (Lipinski definition) is 4. The number of methoxy groups -OCH3 is 1. The van der Waals surface area contributed by atoms with Gasteiger partial charge in [0.2, 0.25) is 0 Å². The monoisotopic (exact) mass is 349 g/mol. The van der Waals surface area contributed by atoms with Gasteiger partial charge in [-0.25, -0.2) is 9.59 Å². The number of amides is 1. The van der Waals surface area contributed by atoms with E-state index in [9.17, 15) is 9.59 Å². The van der Waals surface area contributed by atoms with Crippen LogP contribution >= 0.6 is 15.9 Å². The predicted molar refractivity (Wildman–Crippen MR) is 81.6 cm³/mol. The largest absolute Gasteiger partial charge is 0.465 e. The van der Waals surface area contributed by atoms with Crippen molar-refractivity contribution in [3.05, 3.63) is 58.6 Å². The van der Waals surface area contributed by atoms with Crippen LogP contribution in [0.25, 0.3) is 0 Å². The van der Waals surface area contributed by atoms with E-state index in [1.807, 2.05) is 6.07 Å². The lowest BCUT2D eigenvalue weighted by atomic mass is 10.2. The Labute approximate surface area is 130 Å². The summed E-state index contributed by atoms with van der Waals surface area (Å²) in [5.41, 5.74) is 0.544. The summed E-state index contributed by atoms with van der Waals surface area (Å²) < 4.78 is 10.5. The van der Waals surface area contributed by atoms with Crippen molar-refractivity contribution in [3.63, 3.8) is 0 Å². The van der Waals surface area contributed by atoms with Crippen LogP contribution in [0.15, 0.2) is 53.0 Å². The van der Waals surface area contributed by atoms with Crippen molar-refractivity contribution in [3.8, 4) is 5.75 Å². The summed E-state index contributed by atoms with van der Waals surface area (Å²) in [4.78, 5) is 23.5. The quantitative estimate of drug-likeness (QED) is 0.854. The van der Waals surface area contributed by atoms with Gasteiger partial charge >= 0.3 is 12.1 Å². The van der Waals surface area contributed by atoms with Crippen molar-refractivity contribution < 1.29 is 19.1 Å². The van der Waals surface area contributed by atoms with Gasteiger partial charge in [-0.15, -0.1) is 0 Å². The summed E-state index contributed by atoms with van der Waals surface area (Å²) in [6, 6.07) is 13.5. The van der Waals surface area contributed by atoms with Gasteiger partial charge < -0.3 is 9.47 Å². The van der Waals surface area contributed by atoms with Gasteiger partial charge in [0.05, 0.1) is 18.4 Å². The summed E-state index contributed by atoms with van der Waals surface area (Å²) in [5.74, 6) is -0.141. The Morgan fingerprint density at radius 1 is 1.10 bits per heavy atom. The fourth-order valence-electron chi connectivity index (χ4n) is 1.64. The van der Waals surface area contributed by atoms with E-state index in [0.29, 0.717) is 15.9 Å². The summed E-state index contributed by atoms with van der Waals surface area (Å²) in [5, 5.41) is 2.52. The zero-order valence-corrected chi connectivity index (χ0v) is 12.7. The van der Waals surface area contributed by atoms with Crippen LogP contribution in [0.3, 0.4) is 0 Å². The third-order valence-electron chi connectivity index (χ3n) is 2.58. The molecule has 108 valence electrons. The van der Waals surface area contributed by atoms with Crippen LogP contribution in [0.1, 0.15) is 10.4 Å². The Balaban J connectivity index is 2.15. The second-order valence-corrected chi connectivity index (χ2v) is 4.92. The first kappa shape index (κ1) is 15.1. The summed E-state index contributed by atoms with van der Waals surface area (Å²) in [6.07, 6.45) is -0.686. The van der Waals surface area contributed by atoms with Crippen LogP contribution in [0.2, 0.25) is 0 Å². The van der Waals surface area contributed by atoms with Gasteiger partial charge in [0.25, 0.3) is 0 Å². The Hall–Kier alpha value is -2.34. The molecule has 0 aromatic heterocycles. The average Bonchev–Trinajstić information content (AvgIpc) is 2.49. The molecule has 0 atom stereocenters. The standard InChI is InChI=1S/C15H12BrNO4/c1-20-14(18)12-9-10(16)7-8-13(12)17-15(19)21-11-5-3-2-4-6-11/h2-9H,1H3,(H,17,19). The number of rotatable bonds is 3. The van der Waals surface area contributed by atoms with Gasteiger partial charge in [-0.2, -0.15) is 0 Å². The van der Waals surface area contributed by atoms with Crippen molar-refractivity contribution in [2.24, 2.45) is 0 Å². The van der Waals surface area contributed by atoms with Crippen molar-refractivity contribution in [2.75, 3.05) is 12.4 Å². The van der Waals surface area contributed by atoms with Gasteiger partial charge in [0.15, 0.2) is 0 Å². The lowest BCUT2D eigenvalue weighted by Gasteiger charge is -2.10.